The van der Waals surface area contributed by atoms with Gasteiger partial charge in [0.25, 0.3) is 16.7 Å². The summed E-state index contributed by atoms with van der Waals surface area (Å²) in [4.78, 5) is 109. The second-order valence-electron chi connectivity index (χ2n) is 20.5. The minimum atomic E-state index is -5.33. The number of fused-ring (bicyclic) bond motifs is 2. The maximum atomic E-state index is 14.4. The molecule has 3 saturated heterocycles. The van der Waals surface area contributed by atoms with E-state index in [-0.39, 0.29) is 36.1 Å². The zero-order valence-corrected chi connectivity index (χ0v) is 47.8. The summed E-state index contributed by atoms with van der Waals surface area (Å²) < 4.78 is 76.9. The number of unbranched alkanes of at least 4 members (excludes halogenated alkanes) is 1. The summed E-state index contributed by atoms with van der Waals surface area (Å²) in [6.07, 6.45) is -8.31. The van der Waals surface area contributed by atoms with Crippen LogP contribution in [0.4, 0.5) is 5.69 Å². The minimum Gasteiger partial charge on any atom is -0.497 e. The van der Waals surface area contributed by atoms with Gasteiger partial charge in [-0.25, -0.2) is 28.5 Å². The first-order valence-electron chi connectivity index (χ1n) is 26.4. The highest BCUT2D eigenvalue weighted by molar-refractivity contribution is 7.47. The van der Waals surface area contributed by atoms with Crippen molar-refractivity contribution in [2.75, 3.05) is 45.4 Å². The smallest absolute Gasteiger partial charge is 0.472 e. The molecule has 3 unspecified atom stereocenters. The quantitative estimate of drug-likeness (QED) is 0.0245. The summed E-state index contributed by atoms with van der Waals surface area (Å²) in [5.74, 6) is 0.0488. The second-order valence-corrected chi connectivity index (χ2v) is 23.7. The zero-order valence-electron chi connectivity index (χ0n) is 45.2. The molecule has 6 aromatic rings. The molecule has 0 radical (unpaired) electrons. The van der Waals surface area contributed by atoms with E-state index in [1.807, 2.05) is 24.3 Å². The fourth-order valence-corrected chi connectivity index (χ4v) is 12.7. The third-order valence-corrected chi connectivity index (χ3v) is 17.0. The molecule has 2 aromatic carbocycles. The number of aliphatic hydroxyl groups is 3. The molecular weight excluding hydrogens is 1160 g/mol. The van der Waals surface area contributed by atoms with Gasteiger partial charge in [-0.05, 0) is 70.0 Å². The van der Waals surface area contributed by atoms with Crippen LogP contribution >= 0.6 is 27.2 Å². The van der Waals surface area contributed by atoms with Gasteiger partial charge in [-0.15, -0.1) is 0 Å². The van der Waals surface area contributed by atoms with Crippen molar-refractivity contribution in [3.8, 4) is 5.75 Å². The van der Waals surface area contributed by atoms with E-state index in [9.17, 15) is 63.0 Å². The number of phosphoric acid groups is 2. The van der Waals surface area contributed by atoms with Crippen molar-refractivity contribution in [3.05, 3.63) is 139 Å². The van der Waals surface area contributed by atoms with Crippen molar-refractivity contribution >= 4 is 54.7 Å². The molecule has 0 aliphatic carbocycles. The molecule has 4 aromatic heterocycles. The Labute approximate surface area is 475 Å². The highest BCUT2D eigenvalue weighted by atomic mass is 35.5. The number of aryl methyl sites for hydroxylation is 3. The van der Waals surface area contributed by atoms with Crippen molar-refractivity contribution in [1.29, 1.82) is 0 Å². The molecule has 8 N–H and O–H groups in total. The number of nitrogens with one attached hydrogen (secondary N) is 3. The number of aromatic amines is 2. The van der Waals surface area contributed by atoms with Gasteiger partial charge < -0.3 is 49.4 Å². The molecule has 3 aliphatic heterocycles. The zero-order chi connectivity index (χ0) is 59.7. The maximum Gasteiger partial charge on any atom is 0.472 e. The van der Waals surface area contributed by atoms with Crippen LogP contribution in [0.3, 0.4) is 0 Å². The van der Waals surface area contributed by atoms with E-state index >= 15 is 0 Å². The average Bonchev–Trinajstić information content (AvgIpc) is 4.27. The molecule has 32 heteroatoms. The van der Waals surface area contributed by atoms with Crippen LogP contribution in [-0.4, -0.2) is 135 Å². The average molecular weight is 1220 g/mol. The number of aromatic nitrogens is 7. The molecular formula is C51H63ClN8O21P2. The highest BCUT2D eigenvalue weighted by Gasteiger charge is 2.48. The van der Waals surface area contributed by atoms with Gasteiger partial charge in [-0.3, -0.25) is 60.7 Å². The van der Waals surface area contributed by atoms with Crippen LogP contribution in [0.5, 0.6) is 5.75 Å². The molecule has 0 amide bonds. The first-order chi connectivity index (χ1) is 39.5. The van der Waals surface area contributed by atoms with Gasteiger partial charge in [0.15, 0.2) is 0 Å². The second kappa shape index (κ2) is 25.7. The largest absolute Gasteiger partial charge is 0.497 e. The summed E-state index contributed by atoms with van der Waals surface area (Å²) in [7, 11) is -8.99. The Morgan fingerprint density at radius 3 is 1.84 bits per heavy atom. The fourth-order valence-electron chi connectivity index (χ4n) is 10.4. The molecule has 9 rings (SSSR count). The van der Waals surface area contributed by atoms with Crippen LogP contribution in [0, 0.1) is 26.7 Å². The lowest BCUT2D eigenvalue weighted by Gasteiger charge is -2.25. The predicted molar refractivity (Wildman–Crippen MR) is 296 cm³/mol. The maximum absolute atomic E-state index is 14.4. The number of aliphatic hydroxyl groups excluding tert-OH is 3. The molecule has 7 heterocycles. The van der Waals surface area contributed by atoms with Gasteiger partial charge in [-0.2, -0.15) is 0 Å². The number of anilines is 1. The number of rotatable bonds is 24. The van der Waals surface area contributed by atoms with E-state index in [0.29, 0.717) is 42.1 Å². The molecule has 29 nitrogen and oxygen atoms in total. The minimum absolute atomic E-state index is 0.0582. The Kier molecular flexibility index (Phi) is 19.1. The van der Waals surface area contributed by atoms with E-state index in [4.69, 9.17) is 53.6 Å². The van der Waals surface area contributed by atoms with Gasteiger partial charge in [0.2, 0.25) is 0 Å². The third-order valence-electron chi connectivity index (χ3n) is 14.7. The van der Waals surface area contributed by atoms with Crippen molar-refractivity contribution in [1.82, 2.24) is 33.2 Å². The summed E-state index contributed by atoms with van der Waals surface area (Å²) >= 11 is 6.31. The Morgan fingerprint density at radius 2 is 1.27 bits per heavy atom. The van der Waals surface area contributed by atoms with Gasteiger partial charge >= 0.3 is 32.7 Å². The SMILES string of the molecule is COc1ccc2nc3cc(Cl)ccc3c(NCCCCC(CO)Cn3c(=O)c(C)cn([C@H]4C[C@H](OP(=O)(O)O[C@H]5C[C@H](n6cc(C)c(=O)[nH]c6=O)O[C@@H]5CO)[C@@H](COP(=O)(O)O[C@H]5C[C@H](n6cc(C)c(=O)[nH]c6=O)O[C@@H]5CO)O4)c3=O)c2c1. The number of ether oxygens (including phenoxy) is 4. The number of nitrogens with zero attached hydrogens (tertiary/aromatic N) is 5. The van der Waals surface area contributed by atoms with Crippen molar-refractivity contribution in [2.24, 2.45) is 5.92 Å². The van der Waals surface area contributed by atoms with E-state index in [2.05, 4.69) is 15.3 Å². The Bertz CT molecular complexity index is 3850. The van der Waals surface area contributed by atoms with Crippen molar-refractivity contribution in [2.45, 2.75) is 121 Å². The summed E-state index contributed by atoms with van der Waals surface area (Å²) in [5, 5.41) is 36.6. The topological polar surface area (TPSA) is 388 Å². The molecule has 450 valence electrons. The van der Waals surface area contributed by atoms with Crippen LogP contribution in [0.2, 0.25) is 5.02 Å². The highest BCUT2D eigenvalue weighted by Crippen LogP contribution is 2.53. The third kappa shape index (κ3) is 13.9. The molecule has 0 bridgehead atoms. The summed E-state index contributed by atoms with van der Waals surface area (Å²) in [6.45, 7) is 1.71. The van der Waals surface area contributed by atoms with E-state index in [1.165, 1.54) is 39.4 Å². The lowest BCUT2D eigenvalue weighted by molar-refractivity contribution is -0.0618. The van der Waals surface area contributed by atoms with Crippen molar-refractivity contribution in [3.63, 3.8) is 0 Å². The predicted octanol–water partition coefficient (Wildman–Crippen LogP) is 2.51. The van der Waals surface area contributed by atoms with Gasteiger partial charge in [0.1, 0.15) is 61.1 Å². The molecule has 12 atom stereocenters. The molecule has 83 heavy (non-hydrogen) atoms. The van der Waals surface area contributed by atoms with Crippen LogP contribution in [-0.2, 0) is 48.0 Å². The first-order valence-corrected chi connectivity index (χ1v) is 29.8. The van der Waals surface area contributed by atoms with Crippen LogP contribution in [0.1, 0.15) is 73.9 Å². The first kappa shape index (κ1) is 61.6. The van der Waals surface area contributed by atoms with E-state index in [0.717, 1.165) is 40.2 Å². The monoisotopic (exact) mass is 1220 g/mol. The van der Waals surface area contributed by atoms with Crippen LogP contribution in [0.25, 0.3) is 21.8 Å². The number of H-pyrrole nitrogens is 2. The number of phosphoric ester groups is 2. The van der Waals surface area contributed by atoms with Crippen molar-refractivity contribution < 1.29 is 71.3 Å². The molecule has 3 aliphatic rings. The molecule has 0 saturated carbocycles. The number of halogens is 1. The lowest BCUT2D eigenvalue weighted by atomic mass is 10.0. The fraction of sp³-hybridized carbons (Fsp3) is 0.510. The number of hydrogen-bond donors (Lipinski definition) is 8. The molecule has 0 spiro atoms. The van der Waals surface area contributed by atoms with Gasteiger partial charge in [-0.1, -0.05) is 18.0 Å². The van der Waals surface area contributed by atoms with Crippen LogP contribution < -0.4 is 43.8 Å². The van der Waals surface area contributed by atoms with E-state index in [1.54, 1.807) is 19.2 Å². The van der Waals surface area contributed by atoms with Crippen LogP contribution in [0.15, 0.2) is 83.8 Å². The lowest BCUT2D eigenvalue weighted by Crippen LogP contribution is -2.43. The Morgan fingerprint density at radius 1 is 0.711 bits per heavy atom. The number of pyridine rings is 1. The number of benzene rings is 2. The van der Waals surface area contributed by atoms with E-state index < -0.39 is 143 Å². The number of hydrogen-bond acceptors (Lipinski definition) is 21. The molecule has 3 fully saturated rings. The Hall–Kier alpha value is -5.98. The standard InChI is InChI=1S/C51H63ClN8O21P2/c1-26-18-57(49(67)55-46(26)64)42-15-36(39(23-62)76-42)79-82(70,71)75-25-41-38(81-83(72,73)80-37-16-43(77-40(37)24-63)58-19-27(2)47(65)56-50(58)68)17-44(78-41)59-20-28(3)48(66)60(51(59)69)21-29(22-61)7-5-6-12-53-45-32-10-8-30(52)13-35(32)54-34-11-9-31(74-4)14-33(34)45/h8-11,13-14,18-20,29,36-44,61-63H,5-7,12,15-17,21-25H2,1-4H3,(H,53,54)(H,70,71)(H,72,73)(H,55,64,67)(H,56,65,68)/t29?,36-,37-,38-,39+,40+,41+,42+,43+,44+/m0/s1. The summed E-state index contributed by atoms with van der Waals surface area (Å²) in [6, 6.07) is 11.0. The Balaban J connectivity index is 0.912. The van der Waals surface area contributed by atoms with Gasteiger partial charge in [0.05, 0.1) is 43.7 Å². The van der Waals surface area contributed by atoms with Gasteiger partial charge in [0, 0.05) is 96.0 Å². The summed E-state index contributed by atoms with van der Waals surface area (Å²) in [5.41, 5.74) is -2.04. The normalized spacial score (nSPS) is 24.5. The number of methoxy groups -OCH3 is 1.